The Bertz CT molecular complexity index is 465. The Morgan fingerprint density at radius 3 is 2.70 bits per heavy atom. The lowest BCUT2D eigenvalue weighted by Gasteiger charge is -2.32. The van der Waals surface area contributed by atoms with Crippen LogP contribution in [-0.2, 0) is 13.1 Å². The van der Waals surface area contributed by atoms with Crippen LogP contribution in [0.25, 0.3) is 0 Å². The molecule has 0 radical (unpaired) electrons. The molecular formula is C16H24N2OS. The third kappa shape index (κ3) is 4.47. The van der Waals surface area contributed by atoms with Crippen LogP contribution in [0.15, 0.2) is 40.3 Å². The fourth-order valence-corrected chi connectivity index (χ4v) is 3.08. The van der Waals surface area contributed by atoms with Gasteiger partial charge in [-0.1, -0.05) is 6.07 Å². The maximum atomic E-state index is 5.33. The van der Waals surface area contributed by atoms with E-state index < -0.39 is 0 Å². The van der Waals surface area contributed by atoms with Crippen molar-refractivity contribution in [2.75, 3.05) is 6.54 Å². The van der Waals surface area contributed by atoms with Crippen molar-refractivity contribution in [3.05, 3.63) is 46.5 Å². The smallest absolute Gasteiger partial charge is 0.117 e. The number of hydrogen-bond donors (Lipinski definition) is 1. The first-order chi connectivity index (χ1) is 9.66. The summed E-state index contributed by atoms with van der Waals surface area (Å²) < 4.78 is 5.33. The molecule has 0 spiro atoms. The van der Waals surface area contributed by atoms with Crippen molar-refractivity contribution in [2.45, 2.75) is 45.9 Å². The molecule has 2 aromatic heterocycles. The van der Waals surface area contributed by atoms with E-state index in [4.69, 9.17) is 4.42 Å². The first kappa shape index (κ1) is 15.3. The van der Waals surface area contributed by atoms with Gasteiger partial charge in [0.1, 0.15) is 5.76 Å². The van der Waals surface area contributed by atoms with Crippen molar-refractivity contribution in [1.82, 2.24) is 10.2 Å². The summed E-state index contributed by atoms with van der Waals surface area (Å²) in [5.41, 5.74) is 0. The molecular weight excluding hydrogens is 268 g/mol. The number of rotatable bonds is 8. The second kappa shape index (κ2) is 7.62. The molecule has 1 unspecified atom stereocenters. The van der Waals surface area contributed by atoms with Crippen molar-refractivity contribution < 1.29 is 4.42 Å². The van der Waals surface area contributed by atoms with E-state index in [1.54, 1.807) is 6.26 Å². The Balaban J connectivity index is 1.82. The van der Waals surface area contributed by atoms with Gasteiger partial charge in [0.15, 0.2) is 0 Å². The molecule has 2 heterocycles. The fourth-order valence-electron chi connectivity index (χ4n) is 2.36. The van der Waals surface area contributed by atoms with Crippen LogP contribution < -0.4 is 5.32 Å². The molecule has 1 atom stereocenters. The van der Waals surface area contributed by atoms with Gasteiger partial charge in [0.2, 0.25) is 0 Å². The second-order valence-electron chi connectivity index (χ2n) is 5.40. The molecule has 1 N–H and O–H groups in total. The first-order valence-electron chi connectivity index (χ1n) is 7.18. The normalized spacial score (nSPS) is 13.2. The molecule has 0 fully saturated rings. The van der Waals surface area contributed by atoms with Crippen LogP contribution in [0.3, 0.4) is 0 Å². The fraction of sp³-hybridized carbons (Fsp3) is 0.500. The highest BCUT2D eigenvalue weighted by Gasteiger charge is 2.17. The molecule has 0 amide bonds. The molecule has 110 valence electrons. The van der Waals surface area contributed by atoms with Crippen molar-refractivity contribution >= 4 is 11.3 Å². The van der Waals surface area contributed by atoms with Crippen LogP contribution in [0, 0.1) is 0 Å². The average Bonchev–Trinajstić information content (AvgIpc) is 3.08. The zero-order valence-electron chi connectivity index (χ0n) is 12.5. The molecule has 0 saturated carbocycles. The summed E-state index contributed by atoms with van der Waals surface area (Å²) in [7, 11) is 0. The van der Waals surface area contributed by atoms with Crippen molar-refractivity contribution in [2.24, 2.45) is 0 Å². The van der Waals surface area contributed by atoms with Gasteiger partial charge in [-0.3, -0.25) is 4.90 Å². The molecule has 0 aliphatic heterocycles. The second-order valence-corrected chi connectivity index (χ2v) is 6.44. The summed E-state index contributed by atoms with van der Waals surface area (Å²) in [6.07, 6.45) is 1.72. The Labute approximate surface area is 125 Å². The molecule has 0 aromatic carbocycles. The molecule has 2 aromatic rings. The van der Waals surface area contributed by atoms with Crippen LogP contribution in [0.1, 0.15) is 31.4 Å². The number of nitrogens with zero attached hydrogens (tertiary/aromatic N) is 1. The van der Waals surface area contributed by atoms with Crippen molar-refractivity contribution in [3.63, 3.8) is 0 Å². The minimum atomic E-state index is 0.493. The molecule has 0 aliphatic carbocycles. The SMILES string of the molecule is CC(C)N(Cc1cccs1)C(C)CNCc1ccco1. The van der Waals surface area contributed by atoms with Crippen molar-refractivity contribution in [1.29, 1.82) is 0 Å². The van der Waals surface area contributed by atoms with Gasteiger partial charge in [-0.05, 0) is 44.4 Å². The standard InChI is InChI=1S/C16H24N2OS/c1-13(2)18(12-16-7-5-9-20-16)14(3)10-17-11-15-6-4-8-19-15/h4-9,13-14,17H,10-12H2,1-3H3. The van der Waals surface area contributed by atoms with E-state index in [0.29, 0.717) is 12.1 Å². The Morgan fingerprint density at radius 2 is 2.10 bits per heavy atom. The van der Waals surface area contributed by atoms with Crippen molar-refractivity contribution in [3.8, 4) is 0 Å². The third-order valence-electron chi connectivity index (χ3n) is 3.47. The maximum Gasteiger partial charge on any atom is 0.117 e. The molecule has 4 heteroatoms. The largest absolute Gasteiger partial charge is 0.468 e. The summed E-state index contributed by atoms with van der Waals surface area (Å²) in [6.45, 7) is 9.58. The molecule has 0 bridgehead atoms. The topological polar surface area (TPSA) is 28.4 Å². The lowest BCUT2D eigenvalue weighted by molar-refractivity contribution is 0.153. The maximum absolute atomic E-state index is 5.33. The van der Waals surface area contributed by atoms with E-state index in [1.165, 1.54) is 4.88 Å². The Hall–Kier alpha value is -1.10. The average molecular weight is 292 g/mol. The van der Waals surface area contributed by atoms with Gasteiger partial charge < -0.3 is 9.73 Å². The Kier molecular flexibility index (Phi) is 5.83. The highest BCUT2D eigenvalue weighted by molar-refractivity contribution is 7.09. The van der Waals surface area contributed by atoms with Gasteiger partial charge in [0, 0.05) is 30.1 Å². The molecule has 2 rings (SSSR count). The number of furan rings is 1. The highest BCUT2D eigenvalue weighted by Crippen LogP contribution is 2.16. The molecule has 0 saturated heterocycles. The van der Waals surface area contributed by atoms with Gasteiger partial charge in [-0.15, -0.1) is 11.3 Å². The van der Waals surface area contributed by atoms with Gasteiger partial charge in [-0.2, -0.15) is 0 Å². The zero-order chi connectivity index (χ0) is 14.4. The molecule has 20 heavy (non-hydrogen) atoms. The van der Waals surface area contributed by atoms with Gasteiger partial charge >= 0.3 is 0 Å². The van der Waals surface area contributed by atoms with E-state index in [-0.39, 0.29) is 0 Å². The lowest BCUT2D eigenvalue weighted by Crippen LogP contribution is -2.43. The van der Waals surface area contributed by atoms with E-state index in [0.717, 1.165) is 25.4 Å². The van der Waals surface area contributed by atoms with E-state index >= 15 is 0 Å². The quantitative estimate of drug-likeness (QED) is 0.803. The number of nitrogens with one attached hydrogen (secondary N) is 1. The molecule has 0 aliphatic rings. The van der Waals surface area contributed by atoms with Crippen LogP contribution in [-0.4, -0.2) is 23.5 Å². The summed E-state index contributed by atoms with van der Waals surface area (Å²) in [4.78, 5) is 3.96. The number of hydrogen-bond acceptors (Lipinski definition) is 4. The first-order valence-corrected chi connectivity index (χ1v) is 8.06. The monoisotopic (exact) mass is 292 g/mol. The predicted octanol–water partition coefficient (Wildman–Crippen LogP) is 3.73. The summed E-state index contributed by atoms with van der Waals surface area (Å²) in [5.74, 6) is 0.992. The summed E-state index contributed by atoms with van der Waals surface area (Å²) in [6, 6.07) is 9.30. The summed E-state index contributed by atoms with van der Waals surface area (Å²) >= 11 is 1.83. The van der Waals surface area contributed by atoms with E-state index in [9.17, 15) is 0 Å². The van der Waals surface area contributed by atoms with E-state index in [1.807, 2.05) is 23.5 Å². The third-order valence-corrected chi connectivity index (χ3v) is 4.33. The van der Waals surface area contributed by atoms with Crippen LogP contribution in [0.5, 0.6) is 0 Å². The highest BCUT2D eigenvalue weighted by atomic mass is 32.1. The van der Waals surface area contributed by atoms with Gasteiger partial charge in [-0.25, -0.2) is 0 Å². The predicted molar refractivity (Wildman–Crippen MR) is 84.9 cm³/mol. The minimum Gasteiger partial charge on any atom is -0.468 e. The van der Waals surface area contributed by atoms with E-state index in [2.05, 4.69) is 48.5 Å². The van der Waals surface area contributed by atoms with Gasteiger partial charge in [0.05, 0.1) is 12.8 Å². The Morgan fingerprint density at radius 1 is 1.25 bits per heavy atom. The molecule has 3 nitrogen and oxygen atoms in total. The van der Waals surface area contributed by atoms with Gasteiger partial charge in [0.25, 0.3) is 0 Å². The summed E-state index contributed by atoms with van der Waals surface area (Å²) in [5, 5.41) is 5.62. The van der Waals surface area contributed by atoms with Crippen LogP contribution in [0.2, 0.25) is 0 Å². The zero-order valence-corrected chi connectivity index (χ0v) is 13.3. The van der Waals surface area contributed by atoms with Crippen LogP contribution in [0.4, 0.5) is 0 Å². The lowest BCUT2D eigenvalue weighted by atomic mass is 10.2. The minimum absolute atomic E-state index is 0.493. The number of thiophene rings is 1. The van der Waals surface area contributed by atoms with Crippen LogP contribution >= 0.6 is 11.3 Å².